The van der Waals surface area contributed by atoms with E-state index < -0.39 is 6.04 Å². The summed E-state index contributed by atoms with van der Waals surface area (Å²) < 4.78 is 0. The van der Waals surface area contributed by atoms with Gasteiger partial charge in [-0.05, 0) is 60.6 Å². The van der Waals surface area contributed by atoms with Gasteiger partial charge in [-0.25, -0.2) is 0 Å². The lowest BCUT2D eigenvalue weighted by atomic mass is 9.95. The quantitative estimate of drug-likeness (QED) is 0.455. The van der Waals surface area contributed by atoms with Crippen molar-refractivity contribution in [3.63, 3.8) is 0 Å². The smallest absolute Gasteiger partial charge is 0.242 e. The van der Waals surface area contributed by atoms with E-state index in [2.05, 4.69) is 42.6 Å². The Labute approximate surface area is 203 Å². The van der Waals surface area contributed by atoms with Crippen molar-refractivity contribution in [2.45, 2.75) is 77.4 Å². The summed E-state index contributed by atoms with van der Waals surface area (Å²) in [5.74, 6) is -0.0264. The van der Waals surface area contributed by atoms with Gasteiger partial charge >= 0.3 is 0 Å². The molecule has 34 heavy (non-hydrogen) atoms. The van der Waals surface area contributed by atoms with Crippen LogP contribution in [0.15, 0.2) is 66.7 Å². The number of aryl methyl sites for hydroxylation is 2. The van der Waals surface area contributed by atoms with Gasteiger partial charge in [-0.1, -0.05) is 86.0 Å². The highest BCUT2D eigenvalue weighted by atomic mass is 16.2. The summed E-state index contributed by atoms with van der Waals surface area (Å²) in [7, 11) is 0. The van der Waals surface area contributed by atoms with Crippen LogP contribution in [0.5, 0.6) is 0 Å². The number of hydrogen-bond donors (Lipinski definition) is 1. The van der Waals surface area contributed by atoms with Gasteiger partial charge in [0.1, 0.15) is 6.04 Å². The van der Waals surface area contributed by atoms with Gasteiger partial charge in [0.05, 0.1) is 0 Å². The molecule has 0 radical (unpaired) electrons. The van der Waals surface area contributed by atoms with E-state index >= 15 is 0 Å². The molecule has 4 heteroatoms. The van der Waals surface area contributed by atoms with Crippen molar-refractivity contribution in [2.24, 2.45) is 0 Å². The van der Waals surface area contributed by atoms with Crippen LogP contribution >= 0.6 is 0 Å². The molecule has 1 saturated carbocycles. The highest BCUT2D eigenvalue weighted by Crippen LogP contribution is 2.22. The summed E-state index contributed by atoms with van der Waals surface area (Å²) in [4.78, 5) is 28.5. The first-order valence-corrected chi connectivity index (χ1v) is 12.6. The maximum atomic E-state index is 13.6. The summed E-state index contributed by atoms with van der Waals surface area (Å²) in [5, 5.41) is 5.59. The fourth-order valence-electron chi connectivity index (χ4n) is 5.02. The van der Waals surface area contributed by atoms with Crippen LogP contribution in [0.1, 0.15) is 62.1 Å². The molecule has 0 aliphatic heterocycles. The molecule has 0 bridgehead atoms. The molecule has 1 aliphatic rings. The maximum Gasteiger partial charge on any atom is 0.242 e. The first-order valence-electron chi connectivity index (χ1n) is 12.6. The van der Waals surface area contributed by atoms with E-state index in [9.17, 15) is 9.59 Å². The van der Waals surface area contributed by atoms with Gasteiger partial charge in [0.25, 0.3) is 0 Å². The minimum Gasteiger partial charge on any atom is -0.352 e. The van der Waals surface area contributed by atoms with E-state index in [1.165, 1.54) is 22.8 Å². The lowest BCUT2D eigenvalue weighted by Gasteiger charge is -2.31. The van der Waals surface area contributed by atoms with E-state index in [1.807, 2.05) is 43.3 Å². The Hall–Kier alpha value is -3.14. The number of rotatable bonds is 8. The Kier molecular flexibility index (Phi) is 7.99. The molecule has 3 aromatic rings. The summed E-state index contributed by atoms with van der Waals surface area (Å²) in [6.07, 6.45) is 6.67. The average molecular weight is 457 g/mol. The zero-order chi connectivity index (χ0) is 23.9. The third-order valence-corrected chi connectivity index (χ3v) is 7.21. The molecule has 0 spiro atoms. The number of carbonyl (C=O) groups excluding carboxylic acids is 2. The number of hydrogen-bond acceptors (Lipinski definition) is 2. The van der Waals surface area contributed by atoms with Crippen LogP contribution in [0.3, 0.4) is 0 Å². The second-order valence-electron chi connectivity index (χ2n) is 9.61. The Morgan fingerprint density at radius 1 is 0.912 bits per heavy atom. The van der Waals surface area contributed by atoms with Gasteiger partial charge in [0.2, 0.25) is 11.8 Å². The molecule has 1 aliphatic carbocycles. The number of carbonyl (C=O) groups is 2. The molecule has 4 nitrogen and oxygen atoms in total. The molecule has 1 fully saturated rings. The minimum atomic E-state index is -0.512. The van der Waals surface area contributed by atoms with Gasteiger partial charge in [0, 0.05) is 19.0 Å². The minimum absolute atomic E-state index is 0.0162. The van der Waals surface area contributed by atoms with Crippen LogP contribution < -0.4 is 5.32 Å². The monoisotopic (exact) mass is 456 g/mol. The van der Waals surface area contributed by atoms with E-state index in [-0.39, 0.29) is 17.9 Å². The Balaban J connectivity index is 1.50. The second kappa shape index (κ2) is 11.3. The summed E-state index contributed by atoms with van der Waals surface area (Å²) >= 11 is 0. The molecular formula is C30H36N2O2. The summed E-state index contributed by atoms with van der Waals surface area (Å²) in [5.41, 5.74) is 3.38. The molecule has 0 heterocycles. The Morgan fingerprint density at radius 3 is 2.38 bits per heavy atom. The Bertz CT molecular complexity index is 1130. The zero-order valence-electron chi connectivity index (χ0n) is 20.4. The summed E-state index contributed by atoms with van der Waals surface area (Å²) in [6.45, 7) is 4.37. The van der Waals surface area contributed by atoms with Crippen LogP contribution in [0.25, 0.3) is 10.8 Å². The van der Waals surface area contributed by atoms with Crippen molar-refractivity contribution >= 4 is 22.6 Å². The van der Waals surface area contributed by atoms with Crippen LogP contribution in [-0.2, 0) is 22.6 Å². The largest absolute Gasteiger partial charge is 0.352 e. The molecule has 0 saturated heterocycles. The molecule has 4 rings (SSSR count). The van der Waals surface area contributed by atoms with Crippen molar-refractivity contribution in [3.05, 3.63) is 83.4 Å². The molecule has 1 atom stereocenters. The fourth-order valence-corrected chi connectivity index (χ4v) is 5.02. The van der Waals surface area contributed by atoms with Crippen LogP contribution in [0.4, 0.5) is 0 Å². The third kappa shape index (κ3) is 5.85. The third-order valence-electron chi connectivity index (χ3n) is 7.21. The van der Waals surface area contributed by atoms with Crippen molar-refractivity contribution in [1.29, 1.82) is 0 Å². The normalized spacial score (nSPS) is 15.1. The topological polar surface area (TPSA) is 49.4 Å². The Morgan fingerprint density at radius 2 is 1.59 bits per heavy atom. The number of amides is 2. The molecule has 0 unspecified atom stereocenters. The van der Waals surface area contributed by atoms with Crippen molar-refractivity contribution in [1.82, 2.24) is 10.2 Å². The van der Waals surface area contributed by atoms with Gasteiger partial charge in [-0.2, -0.15) is 0 Å². The van der Waals surface area contributed by atoms with Gasteiger partial charge in [0.15, 0.2) is 0 Å². The predicted octanol–water partition coefficient (Wildman–Crippen LogP) is 5.95. The maximum absolute atomic E-state index is 13.6. The lowest BCUT2D eigenvalue weighted by Crippen LogP contribution is -2.50. The van der Waals surface area contributed by atoms with Crippen LogP contribution in [-0.4, -0.2) is 28.8 Å². The second-order valence-corrected chi connectivity index (χ2v) is 9.61. The number of benzene rings is 3. The van der Waals surface area contributed by atoms with Crippen LogP contribution in [0.2, 0.25) is 0 Å². The number of nitrogens with one attached hydrogen (secondary N) is 1. The van der Waals surface area contributed by atoms with Crippen molar-refractivity contribution in [3.8, 4) is 0 Å². The van der Waals surface area contributed by atoms with E-state index in [0.29, 0.717) is 19.4 Å². The lowest BCUT2D eigenvalue weighted by molar-refractivity contribution is -0.141. The molecule has 178 valence electrons. The molecule has 1 N–H and O–H groups in total. The van der Waals surface area contributed by atoms with Crippen molar-refractivity contribution in [2.75, 3.05) is 0 Å². The molecule has 0 aromatic heterocycles. The standard InChI is InChI=1S/C30H36N2O2/c1-22-11-6-7-13-26(22)21-32(23(2)30(34)31-27-16-4-3-5-17-27)29(33)20-19-25-15-10-14-24-12-8-9-18-28(24)25/h6-15,18,23,27H,3-5,16-17,19-21H2,1-2H3,(H,31,34)/t23-/m0/s1. The predicted molar refractivity (Wildman–Crippen MR) is 138 cm³/mol. The summed E-state index contributed by atoms with van der Waals surface area (Å²) in [6, 6.07) is 22.4. The molecular weight excluding hydrogens is 420 g/mol. The van der Waals surface area contributed by atoms with Gasteiger partial charge < -0.3 is 10.2 Å². The van der Waals surface area contributed by atoms with Crippen LogP contribution in [0, 0.1) is 6.92 Å². The first-order chi connectivity index (χ1) is 16.5. The zero-order valence-corrected chi connectivity index (χ0v) is 20.4. The van der Waals surface area contributed by atoms with E-state index in [4.69, 9.17) is 0 Å². The SMILES string of the molecule is Cc1ccccc1CN(C(=O)CCc1cccc2ccccc12)[C@@H](C)C(=O)NC1CCCCC1. The fraction of sp³-hybridized carbons (Fsp3) is 0.400. The van der Waals surface area contributed by atoms with Gasteiger partial charge in [-0.3, -0.25) is 9.59 Å². The highest BCUT2D eigenvalue weighted by Gasteiger charge is 2.28. The van der Waals surface area contributed by atoms with E-state index in [0.717, 1.165) is 36.8 Å². The van der Waals surface area contributed by atoms with E-state index in [1.54, 1.807) is 4.90 Å². The van der Waals surface area contributed by atoms with Crippen molar-refractivity contribution < 1.29 is 9.59 Å². The highest BCUT2D eigenvalue weighted by molar-refractivity contribution is 5.89. The van der Waals surface area contributed by atoms with Gasteiger partial charge in [-0.15, -0.1) is 0 Å². The number of nitrogens with zero attached hydrogens (tertiary/aromatic N) is 1. The molecule has 2 amide bonds. The first kappa shape index (κ1) is 24.0. The molecule has 3 aromatic carbocycles. The average Bonchev–Trinajstić information content (AvgIpc) is 2.87. The number of fused-ring (bicyclic) bond motifs is 1.